The Bertz CT molecular complexity index is 1630. The topological polar surface area (TPSA) is 230 Å². The highest BCUT2D eigenvalue weighted by molar-refractivity contribution is 7.47. The van der Waals surface area contributed by atoms with E-state index in [9.17, 15) is 49.7 Å². The van der Waals surface area contributed by atoms with Gasteiger partial charge in [0, 0.05) is 12.8 Å². The summed E-state index contributed by atoms with van der Waals surface area (Å²) in [6.45, 7) is 2.94. The van der Waals surface area contributed by atoms with Crippen LogP contribution in [0.3, 0.4) is 0 Å². The van der Waals surface area contributed by atoms with Crippen LogP contribution >= 0.6 is 7.82 Å². The molecule has 0 bridgehead atoms. The molecule has 0 radical (unpaired) electrons. The molecule has 1 rings (SSSR count). The first-order valence-electron chi connectivity index (χ1n) is 23.4. The van der Waals surface area contributed by atoms with Gasteiger partial charge < -0.3 is 45.0 Å². The zero-order chi connectivity index (χ0) is 48.7. The molecule has 1 saturated carbocycles. The lowest BCUT2D eigenvalue weighted by Crippen LogP contribution is -2.64. The van der Waals surface area contributed by atoms with Gasteiger partial charge in [-0.15, -0.1) is 0 Å². The Morgan fingerprint density at radius 2 is 1.06 bits per heavy atom. The van der Waals surface area contributed by atoms with Crippen molar-refractivity contribution in [2.24, 2.45) is 0 Å². The minimum absolute atomic E-state index is 0.0460. The van der Waals surface area contributed by atoms with Crippen molar-refractivity contribution in [2.75, 3.05) is 13.2 Å². The maximum absolute atomic E-state index is 12.8. The summed E-state index contributed by atoms with van der Waals surface area (Å²) in [5.74, 6) is -1.36. The molecule has 372 valence electrons. The van der Waals surface area contributed by atoms with E-state index in [0.29, 0.717) is 19.3 Å². The minimum Gasteiger partial charge on any atom is -0.462 e. The van der Waals surface area contributed by atoms with Crippen LogP contribution in [0, 0.1) is 0 Å². The van der Waals surface area contributed by atoms with Crippen molar-refractivity contribution in [1.82, 2.24) is 0 Å². The van der Waals surface area contributed by atoms with Crippen LogP contribution < -0.4 is 0 Å². The number of rotatable bonds is 36. The molecular weight excluding hydrogens is 868 g/mol. The van der Waals surface area contributed by atoms with Crippen LogP contribution in [-0.2, 0) is 32.7 Å². The van der Waals surface area contributed by atoms with Crippen molar-refractivity contribution in [3.8, 4) is 0 Å². The summed E-state index contributed by atoms with van der Waals surface area (Å²) >= 11 is 0. The number of carbonyl (C=O) groups excluding carboxylic acids is 2. The Balaban J connectivity index is 2.61. The number of hydrogen-bond acceptors (Lipinski definition) is 13. The molecule has 0 spiro atoms. The van der Waals surface area contributed by atoms with E-state index in [1.165, 1.54) is 19.3 Å². The van der Waals surface area contributed by atoms with E-state index < -0.39 is 81.8 Å². The van der Waals surface area contributed by atoms with Crippen LogP contribution in [0.15, 0.2) is 122 Å². The fraction of sp³-hybridized carbons (Fsp3) is 0.569. The maximum atomic E-state index is 12.8. The first kappa shape index (κ1) is 60.2. The Kier molecular flexibility index (Phi) is 35.8. The van der Waals surface area contributed by atoms with Crippen LogP contribution in [0.25, 0.3) is 0 Å². The number of unbranched alkanes of at least 4 members (excludes halogenated alkanes) is 4. The number of carbonyl (C=O) groups is 2. The second-order valence-electron chi connectivity index (χ2n) is 15.7. The summed E-state index contributed by atoms with van der Waals surface area (Å²) in [5.41, 5.74) is 0. The number of hydrogen-bond donors (Lipinski definition) is 7. The lowest BCUT2D eigenvalue weighted by molar-refractivity contribution is -0.220. The van der Waals surface area contributed by atoms with Crippen molar-refractivity contribution >= 4 is 19.8 Å². The Morgan fingerprint density at radius 3 is 1.62 bits per heavy atom. The minimum atomic E-state index is -5.19. The average molecular weight is 947 g/mol. The molecule has 1 fully saturated rings. The number of aliphatic hydroxyl groups is 6. The van der Waals surface area contributed by atoms with Gasteiger partial charge in [-0.2, -0.15) is 0 Å². The standard InChI is InChI=1S/C51H79O14P/c1-3-5-7-9-11-13-15-17-18-19-20-22-24-26-28-30-34-38-44(53)62-40-43(41-63-66(60,61)65-51-49(58)47(56)46(55)48(57)50(51)59)64-45(54)39-35-31-33-37-42(52)36-32-29-27-25-23-21-16-14-12-10-8-6-4-2/h6,8,11-14,17-18,20-23,26-29,31-33,36,42-43,46-52,55-59H,3-5,7,9-10,15-16,19,24-25,30,34-35,37-41H2,1-2H3,(H,60,61)/b8-6-,13-11-,14-12-,18-17-,22-20-,23-21-,28-26-,29-27-,33-31-,36-32-/t42?,43-,46?,47-,48+,49-,50-,51?/m1/s1. The zero-order valence-electron chi connectivity index (χ0n) is 39.0. The molecule has 4 unspecified atom stereocenters. The van der Waals surface area contributed by atoms with Gasteiger partial charge in [-0.05, 0) is 83.5 Å². The molecule has 0 amide bonds. The van der Waals surface area contributed by atoms with Crippen LogP contribution in [-0.4, -0.2) is 110 Å². The van der Waals surface area contributed by atoms with Crippen molar-refractivity contribution in [2.45, 2.75) is 172 Å². The molecule has 0 aromatic rings. The van der Waals surface area contributed by atoms with Gasteiger partial charge in [0.25, 0.3) is 0 Å². The summed E-state index contributed by atoms with van der Waals surface area (Å²) < 4.78 is 33.3. The summed E-state index contributed by atoms with van der Waals surface area (Å²) in [5, 5.41) is 60.4. The van der Waals surface area contributed by atoms with E-state index in [4.69, 9.17) is 18.5 Å². The Labute approximate surface area is 393 Å². The third-order valence-corrected chi connectivity index (χ3v) is 10.9. The number of esters is 2. The normalized spacial score (nSPS) is 22.9. The quantitative estimate of drug-likeness (QED) is 0.0103. The molecule has 1 aliphatic carbocycles. The highest BCUT2D eigenvalue weighted by atomic mass is 31.2. The zero-order valence-corrected chi connectivity index (χ0v) is 39.9. The highest BCUT2D eigenvalue weighted by Gasteiger charge is 2.51. The number of phosphoric acid groups is 1. The van der Waals surface area contributed by atoms with Gasteiger partial charge in [0.05, 0.1) is 12.7 Å². The van der Waals surface area contributed by atoms with E-state index in [0.717, 1.165) is 51.4 Å². The smallest absolute Gasteiger partial charge is 0.462 e. The van der Waals surface area contributed by atoms with Gasteiger partial charge in [-0.1, -0.05) is 148 Å². The van der Waals surface area contributed by atoms with Crippen LogP contribution in [0.1, 0.15) is 123 Å². The monoisotopic (exact) mass is 947 g/mol. The van der Waals surface area contributed by atoms with E-state index in [-0.39, 0.29) is 19.3 Å². The number of phosphoric ester groups is 1. The molecule has 15 heteroatoms. The molecule has 0 heterocycles. The van der Waals surface area contributed by atoms with E-state index in [1.54, 1.807) is 24.3 Å². The molecule has 14 nitrogen and oxygen atoms in total. The third kappa shape index (κ3) is 31.2. The van der Waals surface area contributed by atoms with E-state index in [2.05, 4.69) is 86.8 Å². The number of ether oxygens (including phenoxy) is 2. The second-order valence-corrected chi connectivity index (χ2v) is 17.1. The van der Waals surface area contributed by atoms with Crippen molar-refractivity contribution in [3.05, 3.63) is 122 Å². The first-order chi connectivity index (χ1) is 31.8. The molecule has 0 aromatic carbocycles. The second kappa shape index (κ2) is 39.2. The molecule has 1 aliphatic rings. The fourth-order valence-electron chi connectivity index (χ4n) is 6.09. The van der Waals surface area contributed by atoms with E-state index in [1.807, 2.05) is 24.3 Å². The Morgan fingerprint density at radius 1 is 0.561 bits per heavy atom. The van der Waals surface area contributed by atoms with Gasteiger partial charge in [0.2, 0.25) is 0 Å². The van der Waals surface area contributed by atoms with Gasteiger partial charge in [0.1, 0.15) is 43.2 Å². The SMILES string of the molecule is CC/C=C\C/C=C\C/C=C\C/C=C\C=C/C(O)C/C=C\CCC(=O)O[C@H](COC(=O)CCC/C=C\C/C=C\C/C=C\C/C=C\CCCCC)COP(=O)(O)OC1[C@H](O)[C@H](O)C(O)[C@H](O)[C@H]1O. The highest BCUT2D eigenvalue weighted by Crippen LogP contribution is 2.47. The summed E-state index contributed by atoms with van der Waals surface area (Å²) in [6, 6.07) is 0. The summed E-state index contributed by atoms with van der Waals surface area (Å²) in [7, 11) is -5.19. The molecule has 0 saturated heterocycles. The van der Waals surface area contributed by atoms with Crippen LogP contribution in [0.4, 0.5) is 0 Å². The molecule has 66 heavy (non-hydrogen) atoms. The Hall–Kier alpha value is -3.79. The third-order valence-electron chi connectivity index (χ3n) is 9.88. The van der Waals surface area contributed by atoms with Crippen LogP contribution in [0.5, 0.6) is 0 Å². The lowest BCUT2D eigenvalue weighted by Gasteiger charge is -2.41. The molecule has 0 aliphatic heterocycles. The van der Waals surface area contributed by atoms with Gasteiger partial charge in [0.15, 0.2) is 6.10 Å². The van der Waals surface area contributed by atoms with Crippen molar-refractivity contribution in [3.63, 3.8) is 0 Å². The van der Waals surface area contributed by atoms with Gasteiger partial charge >= 0.3 is 19.8 Å². The largest absolute Gasteiger partial charge is 0.472 e. The van der Waals surface area contributed by atoms with Crippen LogP contribution in [0.2, 0.25) is 0 Å². The maximum Gasteiger partial charge on any atom is 0.472 e. The van der Waals surface area contributed by atoms with Gasteiger partial charge in [-0.3, -0.25) is 18.6 Å². The predicted octanol–water partition coefficient (Wildman–Crippen LogP) is 8.36. The van der Waals surface area contributed by atoms with Crippen molar-refractivity contribution < 1.29 is 68.2 Å². The van der Waals surface area contributed by atoms with Crippen molar-refractivity contribution in [1.29, 1.82) is 0 Å². The van der Waals surface area contributed by atoms with Gasteiger partial charge in [-0.25, -0.2) is 4.57 Å². The number of aliphatic hydroxyl groups excluding tert-OH is 6. The average Bonchev–Trinajstić information content (AvgIpc) is 3.29. The summed E-state index contributed by atoms with van der Waals surface area (Å²) in [4.78, 5) is 35.7. The number of allylic oxidation sites excluding steroid dienone is 18. The lowest BCUT2D eigenvalue weighted by atomic mass is 9.85. The molecule has 0 aromatic heterocycles. The summed E-state index contributed by atoms with van der Waals surface area (Å²) in [6.07, 6.45) is 38.5. The van der Waals surface area contributed by atoms with E-state index >= 15 is 0 Å². The molecule has 9 atom stereocenters. The first-order valence-corrected chi connectivity index (χ1v) is 24.9. The molecule has 7 N–H and O–H groups in total. The fourth-order valence-corrected chi connectivity index (χ4v) is 7.07. The molecular formula is C51H79O14P. The predicted molar refractivity (Wildman–Crippen MR) is 259 cm³/mol.